The third kappa shape index (κ3) is 4.50. The molecule has 3 rings (SSSR count). The van der Waals surface area contributed by atoms with E-state index in [4.69, 9.17) is 9.47 Å². The third-order valence-corrected chi connectivity index (χ3v) is 5.90. The molecule has 0 aromatic heterocycles. The lowest BCUT2D eigenvalue weighted by molar-refractivity contribution is 0.0625. The van der Waals surface area contributed by atoms with Gasteiger partial charge in [-0.15, -0.1) is 0 Å². The fourth-order valence-electron chi connectivity index (χ4n) is 3.93. The molecule has 0 unspecified atom stereocenters. The molecule has 0 bridgehead atoms. The molecule has 26 heavy (non-hydrogen) atoms. The molecule has 5 nitrogen and oxygen atoms in total. The van der Waals surface area contributed by atoms with E-state index in [1.165, 1.54) is 37.7 Å². The van der Waals surface area contributed by atoms with Gasteiger partial charge >= 0.3 is 0 Å². The minimum atomic E-state index is 0.185. The average Bonchev–Trinajstić information content (AvgIpc) is 3.48. The fourth-order valence-corrected chi connectivity index (χ4v) is 3.93. The Kier molecular flexibility index (Phi) is 6.41. The molecular weight excluding hydrogens is 326 g/mol. The first kappa shape index (κ1) is 19.0. The van der Waals surface area contributed by atoms with E-state index in [-0.39, 0.29) is 5.41 Å². The van der Waals surface area contributed by atoms with Gasteiger partial charge in [0.2, 0.25) is 0 Å². The van der Waals surface area contributed by atoms with E-state index in [9.17, 15) is 0 Å². The van der Waals surface area contributed by atoms with Gasteiger partial charge in [0.1, 0.15) is 5.75 Å². The van der Waals surface area contributed by atoms with Crippen molar-refractivity contribution in [1.29, 1.82) is 0 Å². The van der Waals surface area contributed by atoms with Crippen molar-refractivity contribution >= 4 is 5.96 Å². The number of guanidine groups is 1. The summed E-state index contributed by atoms with van der Waals surface area (Å²) in [5.74, 6) is 2.76. The number of hydrogen-bond acceptors (Lipinski definition) is 3. The maximum atomic E-state index is 5.58. The van der Waals surface area contributed by atoms with Crippen LogP contribution in [0.1, 0.15) is 37.7 Å². The van der Waals surface area contributed by atoms with Crippen molar-refractivity contribution in [2.45, 2.75) is 37.5 Å². The Bertz CT molecular complexity index is 607. The van der Waals surface area contributed by atoms with E-state index in [1.807, 2.05) is 13.1 Å². The number of hydrogen-bond donors (Lipinski definition) is 1. The molecule has 0 amide bonds. The van der Waals surface area contributed by atoms with Crippen molar-refractivity contribution in [1.82, 2.24) is 10.2 Å². The van der Waals surface area contributed by atoms with Crippen LogP contribution in [0.2, 0.25) is 0 Å². The van der Waals surface area contributed by atoms with Gasteiger partial charge in [-0.1, -0.05) is 18.2 Å². The second kappa shape index (κ2) is 8.76. The Morgan fingerprint density at radius 3 is 2.69 bits per heavy atom. The van der Waals surface area contributed by atoms with Crippen LogP contribution >= 0.6 is 0 Å². The summed E-state index contributed by atoms with van der Waals surface area (Å²) in [6, 6.07) is 8.40. The van der Waals surface area contributed by atoms with E-state index >= 15 is 0 Å². The highest BCUT2D eigenvalue weighted by atomic mass is 16.5. The summed E-state index contributed by atoms with van der Waals surface area (Å²) < 4.78 is 11.0. The number of para-hydroxylation sites is 1. The van der Waals surface area contributed by atoms with Crippen LogP contribution in [0.3, 0.4) is 0 Å². The maximum absolute atomic E-state index is 5.58. The molecule has 2 aliphatic rings. The van der Waals surface area contributed by atoms with Gasteiger partial charge in [0.25, 0.3) is 0 Å². The van der Waals surface area contributed by atoms with Crippen LogP contribution in [-0.2, 0) is 10.2 Å². The lowest BCUT2D eigenvalue weighted by atomic mass is 9.95. The maximum Gasteiger partial charge on any atom is 0.193 e. The summed E-state index contributed by atoms with van der Waals surface area (Å²) in [6.07, 6.45) is 5.98. The molecule has 1 aliphatic heterocycles. The van der Waals surface area contributed by atoms with Crippen LogP contribution in [0.15, 0.2) is 29.3 Å². The Balaban J connectivity index is 1.53. The summed E-state index contributed by atoms with van der Waals surface area (Å²) in [6.45, 7) is 3.78. The lowest BCUT2D eigenvalue weighted by Gasteiger charge is -2.28. The quantitative estimate of drug-likeness (QED) is 0.600. The molecule has 1 heterocycles. The van der Waals surface area contributed by atoms with Crippen molar-refractivity contribution in [3.63, 3.8) is 0 Å². The summed E-state index contributed by atoms with van der Waals surface area (Å²) in [5, 5.41) is 3.61. The number of nitrogens with zero attached hydrogens (tertiary/aromatic N) is 2. The monoisotopic (exact) mass is 359 g/mol. The zero-order valence-corrected chi connectivity index (χ0v) is 16.5. The number of rotatable bonds is 7. The molecule has 1 saturated carbocycles. The van der Waals surface area contributed by atoms with Gasteiger partial charge in [0.05, 0.1) is 7.11 Å². The van der Waals surface area contributed by atoms with Gasteiger partial charge in [-0.05, 0) is 44.1 Å². The third-order valence-electron chi connectivity index (χ3n) is 5.90. The molecule has 1 N–H and O–H groups in total. The van der Waals surface area contributed by atoms with Gasteiger partial charge in [0.15, 0.2) is 5.96 Å². The summed E-state index contributed by atoms with van der Waals surface area (Å²) >= 11 is 0. The number of methoxy groups -OCH3 is 1. The largest absolute Gasteiger partial charge is 0.496 e. The predicted octanol–water partition coefficient (Wildman–Crippen LogP) is 3.05. The van der Waals surface area contributed by atoms with Crippen LogP contribution < -0.4 is 10.1 Å². The highest BCUT2D eigenvalue weighted by Gasteiger charge is 2.46. The molecule has 144 valence electrons. The van der Waals surface area contributed by atoms with Crippen molar-refractivity contribution in [3.05, 3.63) is 29.8 Å². The van der Waals surface area contributed by atoms with Gasteiger partial charge in [-0.25, -0.2) is 0 Å². The number of benzene rings is 1. The summed E-state index contributed by atoms with van der Waals surface area (Å²) in [4.78, 5) is 6.75. The number of aliphatic imine (C=N–C) groups is 1. The first-order valence-corrected chi connectivity index (χ1v) is 9.81. The Morgan fingerprint density at radius 1 is 1.31 bits per heavy atom. The van der Waals surface area contributed by atoms with Gasteiger partial charge in [-0.2, -0.15) is 0 Å². The number of nitrogens with one attached hydrogen (secondary N) is 1. The van der Waals surface area contributed by atoms with Crippen LogP contribution in [0.5, 0.6) is 5.75 Å². The molecule has 0 spiro atoms. The van der Waals surface area contributed by atoms with Crippen molar-refractivity contribution < 1.29 is 9.47 Å². The zero-order valence-electron chi connectivity index (χ0n) is 16.5. The van der Waals surface area contributed by atoms with Crippen molar-refractivity contribution in [2.75, 3.05) is 47.5 Å². The van der Waals surface area contributed by atoms with E-state index in [2.05, 4.69) is 40.5 Å². The molecule has 1 aromatic rings. The van der Waals surface area contributed by atoms with E-state index < -0.39 is 0 Å². The first-order valence-electron chi connectivity index (χ1n) is 9.81. The topological polar surface area (TPSA) is 46.1 Å². The second-order valence-corrected chi connectivity index (χ2v) is 7.65. The minimum absolute atomic E-state index is 0.185. The summed E-state index contributed by atoms with van der Waals surface area (Å²) in [7, 11) is 5.76. The van der Waals surface area contributed by atoms with Gasteiger partial charge in [0, 0.05) is 51.4 Å². The molecule has 1 saturated heterocycles. The van der Waals surface area contributed by atoms with Crippen LogP contribution in [0.4, 0.5) is 0 Å². The predicted molar refractivity (Wildman–Crippen MR) is 106 cm³/mol. The summed E-state index contributed by atoms with van der Waals surface area (Å²) in [5.41, 5.74) is 1.50. The molecular formula is C21H33N3O2. The zero-order chi connectivity index (χ0) is 18.4. The minimum Gasteiger partial charge on any atom is -0.496 e. The van der Waals surface area contributed by atoms with Crippen molar-refractivity contribution in [2.24, 2.45) is 10.9 Å². The van der Waals surface area contributed by atoms with Crippen molar-refractivity contribution in [3.8, 4) is 5.75 Å². The van der Waals surface area contributed by atoms with Crippen LogP contribution in [0, 0.1) is 5.92 Å². The van der Waals surface area contributed by atoms with Gasteiger partial charge < -0.3 is 19.7 Å². The Hall–Kier alpha value is -1.75. The van der Waals surface area contributed by atoms with E-state index in [1.54, 1.807) is 7.11 Å². The lowest BCUT2D eigenvalue weighted by Crippen LogP contribution is -2.43. The van der Waals surface area contributed by atoms with E-state index in [0.717, 1.165) is 43.9 Å². The van der Waals surface area contributed by atoms with Crippen LogP contribution in [-0.4, -0.2) is 58.4 Å². The normalized spacial score (nSPS) is 19.9. The fraction of sp³-hybridized carbons (Fsp3) is 0.667. The number of ether oxygens (including phenoxy) is 2. The first-order chi connectivity index (χ1) is 12.7. The standard InChI is InChI=1S/C21H33N3O2/c1-22-20(24(2)13-8-17-9-14-26-15-10-17)23-16-21(11-12-21)18-6-4-5-7-19(18)25-3/h4-7,17H,8-16H2,1-3H3,(H,22,23). The molecule has 1 aliphatic carbocycles. The highest BCUT2D eigenvalue weighted by Crippen LogP contribution is 2.50. The van der Waals surface area contributed by atoms with Crippen LogP contribution in [0.25, 0.3) is 0 Å². The second-order valence-electron chi connectivity index (χ2n) is 7.65. The molecule has 0 radical (unpaired) electrons. The molecule has 0 atom stereocenters. The molecule has 2 fully saturated rings. The smallest absolute Gasteiger partial charge is 0.193 e. The molecule has 1 aromatic carbocycles. The Labute approximate surface area is 157 Å². The Morgan fingerprint density at radius 2 is 2.04 bits per heavy atom. The SMILES string of the molecule is CN=C(NCC1(c2ccccc2OC)CC1)N(C)CCC1CCOCC1. The van der Waals surface area contributed by atoms with E-state index in [0.29, 0.717) is 0 Å². The average molecular weight is 360 g/mol. The molecule has 5 heteroatoms. The highest BCUT2D eigenvalue weighted by molar-refractivity contribution is 5.79. The van der Waals surface area contributed by atoms with Gasteiger partial charge in [-0.3, -0.25) is 4.99 Å².